The monoisotopic (exact) mass is 248 g/mol. The highest BCUT2D eigenvalue weighted by atomic mass is 32.2. The maximum Gasteiger partial charge on any atom is 0.153 e. The van der Waals surface area contributed by atoms with Crippen LogP contribution in [0.4, 0.5) is 0 Å². The van der Waals surface area contributed by atoms with Gasteiger partial charge in [0.1, 0.15) is 10.8 Å². The van der Waals surface area contributed by atoms with Crippen molar-refractivity contribution in [3.05, 3.63) is 16.1 Å². The third-order valence-corrected chi connectivity index (χ3v) is 3.50. The van der Waals surface area contributed by atoms with Crippen molar-refractivity contribution in [3.8, 4) is 0 Å². The molecule has 0 aliphatic heterocycles. The van der Waals surface area contributed by atoms with Gasteiger partial charge in [0.2, 0.25) is 0 Å². The maximum atomic E-state index is 11.0. The summed E-state index contributed by atoms with van der Waals surface area (Å²) in [4.78, 5) is 4.24. The van der Waals surface area contributed by atoms with E-state index in [0.29, 0.717) is 11.4 Å². The molecule has 0 unspecified atom stereocenters. The molecular formula is C9H16N2O2S2. The van der Waals surface area contributed by atoms with E-state index in [-0.39, 0.29) is 11.3 Å². The highest BCUT2D eigenvalue weighted by molar-refractivity contribution is 7.90. The number of thiazole rings is 1. The summed E-state index contributed by atoms with van der Waals surface area (Å²) in [6, 6.07) is 0. The fourth-order valence-electron chi connectivity index (χ4n) is 1.19. The van der Waals surface area contributed by atoms with E-state index in [1.165, 1.54) is 17.6 Å². The van der Waals surface area contributed by atoms with Gasteiger partial charge in [-0.3, -0.25) is 0 Å². The van der Waals surface area contributed by atoms with Gasteiger partial charge in [-0.25, -0.2) is 13.4 Å². The van der Waals surface area contributed by atoms with E-state index < -0.39 is 9.84 Å². The molecule has 1 aromatic rings. The Labute approximate surface area is 94.4 Å². The van der Waals surface area contributed by atoms with Gasteiger partial charge in [0.15, 0.2) is 9.84 Å². The normalized spacial score (nSPS) is 13.1. The van der Waals surface area contributed by atoms with E-state index in [0.717, 1.165) is 5.69 Å². The van der Waals surface area contributed by atoms with Gasteiger partial charge >= 0.3 is 0 Å². The van der Waals surface area contributed by atoms with Crippen molar-refractivity contribution < 1.29 is 8.42 Å². The van der Waals surface area contributed by atoms with Gasteiger partial charge < -0.3 is 5.73 Å². The van der Waals surface area contributed by atoms with Crippen LogP contribution in [0.25, 0.3) is 0 Å². The number of aromatic nitrogens is 1. The van der Waals surface area contributed by atoms with Crippen LogP contribution in [-0.2, 0) is 22.0 Å². The number of nitrogens with zero attached hydrogens (tertiary/aromatic N) is 1. The molecule has 1 rings (SSSR count). The van der Waals surface area contributed by atoms with Gasteiger partial charge in [0.05, 0.1) is 5.69 Å². The summed E-state index contributed by atoms with van der Waals surface area (Å²) in [5.74, 6) is 0.0165. The Hall–Kier alpha value is -0.460. The van der Waals surface area contributed by atoms with E-state index in [1.54, 1.807) is 0 Å². The predicted octanol–water partition coefficient (Wildman–Crippen LogP) is 0.968. The molecule has 0 saturated carbocycles. The van der Waals surface area contributed by atoms with Gasteiger partial charge in [0.25, 0.3) is 0 Å². The number of hydrogen-bond acceptors (Lipinski definition) is 5. The van der Waals surface area contributed by atoms with Crippen molar-refractivity contribution in [3.63, 3.8) is 0 Å². The lowest BCUT2D eigenvalue weighted by Crippen LogP contribution is -2.34. The second kappa shape index (κ2) is 4.19. The molecule has 1 aromatic heterocycles. The average molecular weight is 248 g/mol. The smallest absolute Gasteiger partial charge is 0.153 e. The minimum absolute atomic E-state index is 0.0165. The zero-order valence-corrected chi connectivity index (χ0v) is 10.8. The van der Waals surface area contributed by atoms with Crippen LogP contribution in [0.5, 0.6) is 0 Å². The van der Waals surface area contributed by atoms with Crippen molar-refractivity contribution in [2.24, 2.45) is 5.73 Å². The first-order valence-corrected chi connectivity index (χ1v) is 7.50. The van der Waals surface area contributed by atoms with Crippen molar-refractivity contribution >= 4 is 21.2 Å². The molecule has 0 aliphatic carbocycles. The number of sulfone groups is 1. The molecule has 86 valence electrons. The maximum absolute atomic E-state index is 11.0. The second-order valence-corrected chi connectivity index (χ2v) is 7.55. The molecule has 0 radical (unpaired) electrons. The van der Waals surface area contributed by atoms with Crippen LogP contribution in [-0.4, -0.2) is 25.2 Å². The first-order valence-electron chi connectivity index (χ1n) is 4.56. The van der Waals surface area contributed by atoms with Gasteiger partial charge in [-0.2, -0.15) is 0 Å². The van der Waals surface area contributed by atoms with Crippen molar-refractivity contribution in [1.82, 2.24) is 4.98 Å². The Kier molecular flexibility index (Phi) is 3.52. The van der Waals surface area contributed by atoms with Crippen LogP contribution in [0.3, 0.4) is 0 Å². The van der Waals surface area contributed by atoms with Crippen molar-refractivity contribution in [2.75, 3.05) is 6.26 Å². The molecule has 0 amide bonds. The first kappa shape index (κ1) is 12.6. The highest BCUT2D eigenvalue weighted by Gasteiger charge is 2.15. The van der Waals surface area contributed by atoms with Gasteiger partial charge in [-0.15, -0.1) is 11.3 Å². The summed E-state index contributed by atoms with van der Waals surface area (Å²) < 4.78 is 22.1. The molecule has 0 aliphatic rings. The van der Waals surface area contributed by atoms with Crippen LogP contribution >= 0.6 is 11.3 Å². The average Bonchev–Trinajstić information content (AvgIpc) is 2.28. The fraction of sp³-hybridized carbons (Fsp3) is 0.667. The molecule has 0 atom stereocenters. The largest absolute Gasteiger partial charge is 0.325 e. The Balaban J connectivity index is 2.73. The van der Waals surface area contributed by atoms with Gasteiger partial charge in [-0.05, 0) is 13.8 Å². The molecule has 0 spiro atoms. The lowest BCUT2D eigenvalue weighted by molar-refractivity contribution is 0.511. The molecule has 1 heterocycles. The van der Waals surface area contributed by atoms with E-state index >= 15 is 0 Å². The van der Waals surface area contributed by atoms with Crippen LogP contribution in [0.15, 0.2) is 5.38 Å². The zero-order valence-electron chi connectivity index (χ0n) is 9.15. The molecular weight excluding hydrogens is 232 g/mol. The van der Waals surface area contributed by atoms with E-state index in [9.17, 15) is 8.42 Å². The summed E-state index contributed by atoms with van der Waals surface area (Å²) in [6.07, 6.45) is 1.87. The third kappa shape index (κ3) is 5.25. The van der Waals surface area contributed by atoms with Gasteiger partial charge in [0, 0.05) is 23.6 Å². The molecule has 0 bridgehead atoms. The highest BCUT2D eigenvalue weighted by Crippen LogP contribution is 2.16. The quantitative estimate of drug-likeness (QED) is 0.861. The third-order valence-electron chi connectivity index (χ3n) is 1.62. The molecule has 15 heavy (non-hydrogen) atoms. The number of hydrogen-bond donors (Lipinski definition) is 1. The molecule has 0 fully saturated rings. The van der Waals surface area contributed by atoms with E-state index in [1.807, 2.05) is 19.2 Å². The summed E-state index contributed by atoms with van der Waals surface area (Å²) >= 11 is 1.37. The van der Waals surface area contributed by atoms with Crippen LogP contribution in [0.2, 0.25) is 0 Å². The van der Waals surface area contributed by atoms with Crippen LogP contribution < -0.4 is 5.73 Å². The summed E-state index contributed by atoms with van der Waals surface area (Å²) in [5, 5.41) is 2.51. The summed E-state index contributed by atoms with van der Waals surface area (Å²) in [7, 11) is -2.99. The first-order chi connectivity index (χ1) is 6.66. The lowest BCUT2D eigenvalue weighted by Gasteiger charge is -2.15. The summed E-state index contributed by atoms with van der Waals surface area (Å²) in [5.41, 5.74) is 6.41. The Morgan fingerprint density at radius 3 is 2.60 bits per heavy atom. The SMILES string of the molecule is CC(C)(N)Cc1csc(CS(C)(=O)=O)n1. The second-order valence-electron chi connectivity index (χ2n) is 4.47. The standard InChI is InChI=1S/C9H16N2O2S2/c1-9(2,10)4-7-5-14-8(11-7)6-15(3,12)13/h5H,4,6,10H2,1-3H3. The van der Waals surface area contributed by atoms with E-state index in [4.69, 9.17) is 5.73 Å². The Bertz CT molecular complexity index is 429. The van der Waals surface area contributed by atoms with E-state index in [2.05, 4.69) is 4.98 Å². The summed E-state index contributed by atoms with van der Waals surface area (Å²) in [6.45, 7) is 3.84. The Morgan fingerprint density at radius 2 is 2.13 bits per heavy atom. The minimum atomic E-state index is -2.99. The number of nitrogens with two attached hydrogens (primary N) is 1. The molecule has 6 heteroatoms. The van der Waals surface area contributed by atoms with Crippen molar-refractivity contribution in [1.29, 1.82) is 0 Å². The lowest BCUT2D eigenvalue weighted by atomic mass is 10.0. The molecule has 0 saturated heterocycles. The Morgan fingerprint density at radius 1 is 1.53 bits per heavy atom. The fourth-order valence-corrected chi connectivity index (χ4v) is 3.19. The minimum Gasteiger partial charge on any atom is -0.325 e. The number of rotatable bonds is 4. The van der Waals surface area contributed by atoms with Gasteiger partial charge in [-0.1, -0.05) is 0 Å². The molecule has 4 nitrogen and oxygen atoms in total. The van der Waals surface area contributed by atoms with Crippen LogP contribution in [0.1, 0.15) is 24.5 Å². The van der Waals surface area contributed by atoms with Crippen molar-refractivity contribution in [2.45, 2.75) is 31.6 Å². The topological polar surface area (TPSA) is 73.1 Å². The van der Waals surface area contributed by atoms with Crippen LogP contribution in [0, 0.1) is 0 Å². The zero-order chi connectivity index (χ0) is 11.7. The predicted molar refractivity (Wildman–Crippen MR) is 62.6 cm³/mol. The molecule has 2 N–H and O–H groups in total. The molecule has 0 aromatic carbocycles.